The lowest BCUT2D eigenvalue weighted by Crippen LogP contribution is -2.32. The van der Waals surface area contributed by atoms with E-state index in [1.54, 1.807) is 0 Å². The summed E-state index contributed by atoms with van der Waals surface area (Å²) in [7, 11) is 0. The highest BCUT2D eigenvalue weighted by molar-refractivity contribution is 6.06. The molecule has 1 aliphatic heterocycles. The van der Waals surface area contributed by atoms with Gasteiger partial charge in [0, 0.05) is 22.9 Å². The van der Waals surface area contributed by atoms with Crippen molar-refractivity contribution in [2.24, 2.45) is 9.98 Å². The zero-order valence-electron chi connectivity index (χ0n) is 26.8. The molecule has 2 aliphatic rings. The van der Waals surface area contributed by atoms with E-state index in [1.807, 2.05) is 42.6 Å². The van der Waals surface area contributed by atoms with Crippen LogP contribution in [-0.4, -0.2) is 12.1 Å². The first-order valence-corrected chi connectivity index (χ1v) is 16.7. The van der Waals surface area contributed by atoms with Crippen molar-refractivity contribution in [1.82, 2.24) is 0 Å². The van der Waals surface area contributed by atoms with Crippen molar-refractivity contribution < 1.29 is 4.74 Å². The molecule has 0 bridgehead atoms. The SMILES string of the molecule is C(=NC(=NCc1ccccc1)c1cccc(-c2ccc3c(c2)-c2ccccc2C32c3ccccc3Oc3ccccc32)c1)c1ccccc1. The lowest BCUT2D eigenvalue weighted by atomic mass is 9.66. The number of hydrogen-bond acceptors (Lipinski definition) is 2. The smallest absolute Gasteiger partial charge is 0.154 e. The maximum atomic E-state index is 6.50. The molecule has 0 saturated heterocycles. The molecule has 0 aromatic heterocycles. The van der Waals surface area contributed by atoms with Gasteiger partial charge in [-0.15, -0.1) is 0 Å². The van der Waals surface area contributed by atoms with Gasteiger partial charge in [0.25, 0.3) is 0 Å². The molecule has 1 spiro atoms. The largest absolute Gasteiger partial charge is 0.457 e. The molecule has 7 aromatic rings. The van der Waals surface area contributed by atoms with Gasteiger partial charge in [0.2, 0.25) is 0 Å². The van der Waals surface area contributed by atoms with Crippen molar-refractivity contribution in [3.63, 3.8) is 0 Å². The average Bonchev–Trinajstić information content (AvgIpc) is 3.46. The highest BCUT2D eigenvalue weighted by Gasteiger charge is 2.50. The molecule has 0 saturated carbocycles. The van der Waals surface area contributed by atoms with E-state index in [0.717, 1.165) is 39.3 Å². The zero-order valence-corrected chi connectivity index (χ0v) is 26.8. The van der Waals surface area contributed by atoms with Gasteiger partial charge < -0.3 is 4.74 Å². The topological polar surface area (TPSA) is 34.0 Å². The first-order valence-electron chi connectivity index (χ1n) is 16.7. The van der Waals surface area contributed by atoms with Crippen LogP contribution in [0.15, 0.2) is 186 Å². The quantitative estimate of drug-likeness (QED) is 0.138. The number of para-hydroxylation sites is 2. The average molecular weight is 629 g/mol. The fourth-order valence-corrected chi connectivity index (χ4v) is 7.51. The van der Waals surface area contributed by atoms with Gasteiger partial charge in [-0.05, 0) is 68.8 Å². The van der Waals surface area contributed by atoms with E-state index < -0.39 is 5.41 Å². The molecule has 0 N–H and O–H groups in total. The summed E-state index contributed by atoms with van der Waals surface area (Å²) >= 11 is 0. The number of benzene rings is 7. The Labute approximate surface area is 286 Å². The normalized spacial score (nSPS) is 13.8. The molecule has 49 heavy (non-hydrogen) atoms. The van der Waals surface area contributed by atoms with E-state index in [2.05, 4.69) is 140 Å². The van der Waals surface area contributed by atoms with Gasteiger partial charge in [0.1, 0.15) is 11.5 Å². The Morgan fingerprint density at radius 1 is 0.510 bits per heavy atom. The van der Waals surface area contributed by atoms with Gasteiger partial charge in [-0.1, -0.05) is 152 Å². The van der Waals surface area contributed by atoms with Gasteiger partial charge in [0.15, 0.2) is 5.84 Å². The molecule has 1 aliphatic carbocycles. The van der Waals surface area contributed by atoms with Crippen LogP contribution in [0.5, 0.6) is 11.5 Å². The predicted octanol–water partition coefficient (Wildman–Crippen LogP) is 10.9. The van der Waals surface area contributed by atoms with Gasteiger partial charge in [0.05, 0.1) is 12.0 Å². The molecule has 1 heterocycles. The van der Waals surface area contributed by atoms with Crippen molar-refractivity contribution in [2.75, 3.05) is 0 Å². The van der Waals surface area contributed by atoms with Crippen LogP contribution in [0.4, 0.5) is 0 Å². The summed E-state index contributed by atoms with van der Waals surface area (Å²) in [5, 5.41) is 0. The molecule has 7 aromatic carbocycles. The number of rotatable bonds is 5. The lowest BCUT2D eigenvalue weighted by Gasteiger charge is -2.39. The second-order valence-electron chi connectivity index (χ2n) is 12.5. The summed E-state index contributed by atoms with van der Waals surface area (Å²) < 4.78 is 6.50. The number of ether oxygens (including phenoxy) is 1. The van der Waals surface area contributed by atoms with Crippen LogP contribution in [-0.2, 0) is 12.0 Å². The lowest BCUT2D eigenvalue weighted by molar-refractivity contribution is 0.436. The first-order chi connectivity index (χ1) is 24.3. The van der Waals surface area contributed by atoms with Crippen molar-refractivity contribution in [3.8, 4) is 33.8 Å². The molecule has 0 amide bonds. The second kappa shape index (κ2) is 12.0. The summed E-state index contributed by atoms with van der Waals surface area (Å²) in [6, 6.07) is 61.9. The molecule has 0 radical (unpaired) electrons. The van der Waals surface area contributed by atoms with Crippen molar-refractivity contribution in [1.29, 1.82) is 0 Å². The van der Waals surface area contributed by atoms with Gasteiger partial charge in [-0.3, -0.25) is 4.99 Å². The van der Waals surface area contributed by atoms with Crippen LogP contribution in [0.25, 0.3) is 22.3 Å². The van der Waals surface area contributed by atoms with Crippen LogP contribution in [0, 0.1) is 0 Å². The van der Waals surface area contributed by atoms with Gasteiger partial charge in [-0.2, -0.15) is 0 Å². The fourth-order valence-electron chi connectivity index (χ4n) is 7.51. The Hall–Kier alpha value is -6.32. The predicted molar refractivity (Wildman–Crippen MR) is 200 cm³/mol. The molecular formula is C46H32N2O. The van der Waals surface area contributed by atoms with E-state index >= 15 is 0 Å². The Bertz CT molecular complexity index is 2350. The molecule has 0 fully saturated rings. The molecule has 3 heteroatoms. The molecule has 3 nitrogen and oxygen atoms in total. The van der Waals surface area contributed by atoms with Crippen LogP contribution >= 0.6 is 0 Å². The standard InChI is InChI=1S/C46H32N2O/c1-3-14-32(15-4-1)30-47-45(48-31-33-16-5-2-6-17-33)36-19-13-18-34(28-36)35-26-27-40-38(29-35)37-20-7-8-21-39(37)46(40)41-22-9-11-24-43(41)49-44-25-12-10-23-42(44)46/h1-30H,31H2. The molecular weight excluding hydrogens is 597 g/mol. The minimum atomic E-state index is -0.471. The van der Waals surface area contributed by atoms with E-state index in [0.29, 0.717) is 12.4 Å². The number of fused-ring (bicyclic) bond motifs is 9. The third-order valence-electron chi connectivity index (χ3n) is 9.69. The van der Waals surface area contributed by atoms with E-state index in [4.69, 9.17) is 14.7 Å². The minimum absolute atomic E-state index is 0.471. The fraction of sp³-hybridized carbons (Fsp3) is 0.0435. The molecule has 232 valence electrons. The number of nitrogens with zero attached hydrogens (tertiary/aromatic N) is 2. The summed E-state index contributed by atoms with van der Waals surface area (Å²) in [4.78, 5) is 9.92. The zero-order chi connectivity index (χ0) is 32.6. The molecule has 9 rings (SSSR count). The number of hydrogen-bond donors (Lipinski definition) is 0. The highest BCUT2D eigenvalue weighted by atomic mass is 16.5. The first kappa shape index (κ1) is 28.9. The highest BCUT2D eigenvalue weighted by Crippen LogP contribution is 2.62. The summed E-state index contributed by atoms with van der Waals surface area (Å²) in [6.07, 6.45) is 1.89. The second-order valence-corrected chi connectivity index (χ2v) is 12.5. The van der Waals surface area contributed by atoms with Gasteiger partial charge >= 0.3 is 0 Å². The van der Waals surface area contributed by atoms with Gasteiger partial charge in [-0.25, -0.2) is 4.99 Å². The minimum Gasteiger partial charge on any atom is -0.457 e. The van der Waals surface area contributed by atoms with E-state index in [1.165, 1.54) is 33.4 Å². The van der Waals surface area contributed by atoms with Crippen molar-refractivity contribution >= 4 is 12.1 Å². The maximum Gasteiger partial charge on any atom is 0.154 e. The van der Waals surface area contributed by atoms with Crippen molar-refractivity contribution in [2.45, 2.75) is 12.0 Å². The summed E-state index contributed by atoms with van der Waals surface area (Å²) in [6.45, 7) is 0.552. The molecule has 0 unspecified atom stereocenters. The summed E-state index contributed by atoms with van der Waals surface area (Å²) in [5.74, 6) is 2.51. The van der Waals surface area contributed by atoms with Crippen LogP contribution < -0.4 is 4.74 Å². The monoisotopic (exact) mass is 628 g/mol. The van der Waals surface area contributed by atoms with Crippen LogP contribution in [0.3, 0.4) is 0 Å². The Morgan fingerprint density at radius 3 is 1.88 bits per heavy atom. The van der Waals surface area contributed by atoms with E-state index in [9.17, 15) is 0 Å². The Kier molecular flexibility index (Phi) is 7.09. The van der Waals surface area contributed by atoms with E-state index in [-0.39, 0.29) is 0 Å². The number of aliphatic imine (C=N–C) groups is 2. The van der Waals surface area contributed by atoms with Crippen LogP contribution in [0.2, 0.25) is 0 Å². The van der Waals surface area contributed by atoms with Crippen molar-refractivity contribution in [3.05, 3.63) is 215 Å². The van der Waals surface area contributed by atoms with Crippen LogP contribution in [0.1, 0.15) is 38.9 Å². The Balaban J connectivity index is 1.17. The Morgan fingerprint density at radius 2 is 1.12 bits per heavy atom. The third kappa shape index (κ3) is 4.90. The third-order valence-corrected chi connectivity index (χ3v) is 9.69. The maximum absolute atomic E-state index is 6.50. The summed E-state index contributed by atoms with van der Waals surface area (Å²) in [5.41, 5.74) is 12.3. The number of amidine groups is 1. The molecule has 0 atom stereocenters.